The fourth-order valence-electron chi connectivity index (χ4n) is 3.86. The molecule has 9 heteroatoms. The van der Waals surface area contributed by atoms with E-state index in [0.29, 0.717) is 18.0 Å². The molecule has 1 heterocycles. The Labute approximate surface area is 208 Å². The first-order chi connectivity index (χ1) is 16.6. The lowest BCUT2D eigenvalue weighted by atomic mass is 10.0. The number of hydrogen-bond acceptors (Lipinski definition) is 4. The molecule has 1 aliphatic rings. The Bertz CT molecular complexity index is 1060. The zero-order valence-corrected chi connectivity index (χ0v) is 20.4. The minimum Gasteiger partial charge on any atom is -0.488 e. The van der Waals surface area contributed by atoms with Gasteiger partial charge in [-0.05, 0) is 44.1 Å². The maximum Gasteiger partial charge on any atom is 0.433 e. The third-order valence-electron chi connectivity index (χ3n) is 5.74. The van der Waals surface area contributed by atoms with Crippen molar-refractivity contribution in [2.24, 2.45) is 4.99 Å². The number of nitrogens with one attached hydrogen (secondary N) is 1. The van der Waals surface area contributed by atoms with Crippen LogP contribution in [0.4, 0.5) is 13.2 Å². The molecule has 5 nitrogen and oxygen atoms in total. The van der Waals surface area contributed by atoms with Crippen LogP contribution in [0.3, 0.4) is 0 Å². The highest BCUT2D eigenvalue weighted by Crippen LogP contribution is 2.28. The SMILES string of the molecule is CN(C)C(CNC(=O)COC1=CC(C(F)(F)F)=NC(Cc2ccccc2Cl)CC1)c1ccccc1. The maximum atomic E-state index is 13.6. The van der Waals surface area contributed by atoms with E-state index in [4.69, 9.17) is 16.3 Å². The lowest BCUT2D eigenvalue weighted by molar-refractivity contribution is -0.124. The Morgan fingerprint density at radius 1 is 1.17 bits per heavy atom. The van der Waals surface area contributed by atoms with Crippen molar-refractivity contribution in [2.45, 2.75) is 37.5 Å². The van der Waals surface area contributed by atoms with Crippen LogP contribution in [0, 0.1) is 0 Å². The minimum absolute atomic E-state index is 0.0493. The van der Waals surface area contributed by atoms with Crippen molar-refractivity contribution >= 4 is 23.2 Å². The summed E-state index contributed by atoms with van der Waals surface area (Å²) >= 11 is 6.18. The molecule has 2 aromatic carbocycles. The van der Waals surface area contributed by atoms with E-state index in [1.54, 1.807) is 24.3 Å². The van der Waals surface area contributed by atoms with Crippen molar-refractivity contribution in [3.8, 4) is 0 Å². The lowest BCUT2D eigenvalue weighted by Crippen LogP contribution is -2.36. The minimum atomic E-state index is -4.63. The van der Waals surface area contributed by atoms with Gasteiger partial charge in [0.1, 0.15) is 5.71 Å². The molecule has 1 N–H and O–H groups in total. The van der Waals surface area contributed by atoms with Crippen LogP contribution >= 0.6 is 11.6 Å². The summed E-state index contributed by atoms with van der Waals surface area (Å²) in [5.74, 6) is -0.318. The zero-order chi connectivity index (χ0) is 25.4. The van der Waals surface area contributed by atoms with Crippen LogP contribution < -0.4 is 5.32 Å². The summed E-state index contributed by atoms with van der Waals surface area (Å²) in [6.45, 7) is -0.0332. The van der Waals surface area contributed by atoms with Crippen LogP contribution in [-0.2, 0) is 16.0 Å². The molecule has 0 saturated carbocycles. The number of rotatable bonds is 9. The van der Waals surface area contributed by atoms with E-state index in [9.17, 15) is 18.0 Å². The van der Waals surface area contributed by atoms with Gasteiger partial charge in [-0.3, -0.25) is 9.79 Å². The number of amides is 1. The molecule has 188 valence electrons. The van der Waals surface area contributed by atoms with E-state index in [0.717, 1.165) is 17.2 Å². The molecule has 0 bridgehead atoms. The quantitative estimate of drug-likeness (QED) is 0.496. The Kier molecular flexibility index (Phi) is 9.34. The number of halogens is 4. The number of nitrogens with zero attached hydrogens (tertiary/aromatic N) is 2. The molecule has 3 rings (SSSR count). The molecule has 1 amide bonds. The van der Waals surface area contributed by atoms with E-state index < -0.39 is 23.8 Å². The second-order valence-electron chi connectivity index (χ2n) is 8.59. The Morgan fingerprint density at radius 2 is 1.86 bits per heavy atom. The van der Waals surface area contributed by atoms with Gasteiger partial charge in [0.25, 0.3) is 5.91 Å². The van der Waals surface area contributed by atoms with E-state index in [2.05, 4.69) is 10.3 Å². The normalized spacial score (nSPS) is 17.3. The van der Waals surface area contributed by atoms with Crippen LogP contribution in [-0.4, -0.2) is 56.0 Å². The van der Waals surface area contributed by atoms with Gasteiger partial charge in [0.15, 0.2) is 6.61 Å². The predicted molar refractivity (Wildman–Crippen MR) is 132 cm³/mol. The van der Waals surface area contributed by atoms with Gasteiger partial charge in [0, 0.05) is 24.1 Å². The fourth-order valence-corrected chi connectivity index (χ4v) is 4.07. The number of carbonyl (C=O) groups is 1. The molecule has 0 spiro atoms. The van der Waals surface area contributed by atoms with Crippen LogP contribution in [0.1, 0.15) is 30.0 Å². The van der Waals surface area contributed by atoms with Crippen LogP contribution in [0.25, 0.3) is 0 Å². The number of benzene rings is 2. The lowest BCUT2D eigenvalue weighted by Gasteiger charge is -2.25. The molecule has 0 saturated heterocycles. The topological polar surface area (TPSA) is 53.9 Å². The smallest absolute Gasteiger partial charge is 0.433 e. The molecule has 2 unspecified atom stereocenters. The van der Waals surface area contributed by atoms with Crippen molar-refractivity contribution in [3.05, 3.63) is 82.6 Å². The highest BCUT2D eigenvalue weighted by Gasteiger charge is 2.36. The van der Waals surface area contributed by atoms with Crippen molar-refractivity contribution in [1.29, 1.82) is 0 Å². The maximum absolute atomic E-state index is 13.6. The van der Waals surface area contributed by atoms with Gasteiger partial charge in [-0.1, -0.05) is 60.1 Å². The summed E-state index contributed by atoms with van der Waals surface area (Å²) in [5.41, 5.74) is 0.766. The van der Waals surface area contributed by atoms with Crippen molar-refractivity contribution < 1.29 is 22.7 Å². The first-order valence-electron chi connectivity index (χ1n) is 11.3. The fraction of sp³-hybridized carbons (Fsp3) is 0.385. The summed E-state index contributed by atoms with van der Waals surface area (Å²) in [6.07, 6.45) is -2.88. The van der Waals surface area contributed by atoms with Gasteiger partial charge < -0.3 is 15.0 Å². The van der Waals surface area contributed by atoms with Crippen LogP contribution in [0.15, 0.2) is 71.4 Å². The largest absolute Gasteiger partial charge is 0.488 e. The molecule has 0 fully saturated rings. The molecule has 35 heavy (non-hydrogen) atoms. The van der Waals surface area contributed by atoms with E-state index >= 15 is 0 Å². The summed E-state index contributed by atoms with van der Waals surface area (Å²) in [6, 6.07) is 16.1. The summed E-state index contributed by atoms with van der Waals surface area (Å²) in [5, 5.41) is 3.30. The van der Waals surface area contributed by atoms with Crippen molar-refractivity contribution in [2.75, 3.05) is 27.2 Å². The first-order valence-corrected chi connectivity index (χ1v) is 11.7. The molecule has 2 atom stereocenters. The van der Waals surface area contributed by atoms with Crippen LogP contribution in [0.5, 0.6) is 0 Å². The van der Waals surface area contributed by atoms with Gasteiger partial charge in [-0.25, -0.2) is 0 Å². The zero-order valence-electron chi connectivity index (χ0n) is 19.7. The number of aliphatic imine (C=N–C) groups is 1. The number of allylic oxidation sites excluding steroid dienone is 2. The van der Waals surface area contributed by atoms with E-state index in [1.807, 2.05) is 49.3 Å². The molecular weight excluding hydrogens is 479 g/mol. The van der Waals surface area contributed by atoms with Gasteiger partial charge in [0.2, 0.25) is 0 Å². The number of ether oxygens (including phenoxy) is 1. The summed E-state index contributed by atoms with van der Waals surface area (Å²) in [4.78, 5) is 18.3. The molecule has 1 aliphatic heterocycles. The third-order valence-corrected chi connectivity index (χ3v) is 6.10. The predicted octanol–water partition coefficient (Wildman–Crippen LogP) is 5.37. The number of likely N-dealkylation sites (N-methyl/N-ethyl adjacent to an activating group) is 1. The highest BCUT2D eigenvalue weighted by molar-refractivity contribution is 6.31. The Balaban J connectivity index is 1.59. The molecule has 0 aliphatic carbocycles. The highest BCUT2D eigenvalue weighted by atomic mass is 35.5. The standard InChI is InChI=1S/C26H29ClF3N3O2/c1-33(2)23(18-8-4-3-5-9-18)16-31-25(34)17-35-21-13-12-20(32-24(15-21)26(28,29)30)14-19-10-6-7-11-22(19)27/h3-11,15,20,23H,12-14,16-17H2,1-2H3,(H,31,34). The molecule has 0 radical (unpaired) electrons. The van der Waals surface area contributed by atoms with Gasteiger partial charge in [-0.2, -0.15) is 13.2 Å². The summed E-state index contributed by atoms with van der Waals surface area (Å²) in [7, 11) is 3.82. The monoisotopic (exact) mass is 507 g/mol. The Hall–Kier alpha value is -2.84. The van der Waals surface area contributed by atoms with Gasteiger partial charge in [-0.15, -0.1) is 0 Å². The molecular formula is C26H29ClF3N3O2. The number of alkyl halides is 3. The number of carbonyl (C=O) groups excluding carboxylic acids is 1. The van der Waals surface area contributed by atoms with E-state index in [-0.39, 0.29) is 31.2 Å². The van der Waals surface area contributed by atoms with Crippen molar-refractivity contribution in [3.63, 3.8) is 0 Å². The molecule has 2 aromatic rings. The number of hydrogen-bond donors (Lipinski definition) is 1. The second kappa shape index (κ2) is 12.2. The second-order valence-corrected chi connectivity index (χ2v) is 9.00. The average Bonchev–Trinajstić information content (AvgIpc) is 3.02. The Morgan fingerprint density at radius 3 is 2.51 bits per heavy atom. The molecule has 0 aromatic heterocycles. The third kappa shape index (κ3) is 8.11. The van der Waals surface area contributed by atoms with E-state index in [1.165, 1.54) is 0 Å². The van der Waals surface area contributed by atoms with Crippen molar-refractivity contribution in [1.82, 2.24) is 10.2 Å². The van der Waals surface area contributed by atoms with Gasteiger partial charge >= 0.3 is 6.18 Å². The van der Waals surface area contributed by atoms with Gasteiger partial charge in [0.05, 0.1) is 17.8 Å². The summed E-state index contributed by atoms with van der Waals surface area (Å²) < 4.78 is 46.3. The van der Waals surface area contributed by atoms with Crippen LogP contribution in [0.2, 0.25) is 5.02 Å². The average molecular weight is 508 g/mol. The first kappa shape index (κ1) is 26.8.